The van der Waals surface area contributed by atoms with Crippen LogP contribution in [0.4, 0.5) is 0 Å². The van der Waals surface area contributed by atoms with Gasteiger partial charge in [0.25, 0.3) is 0 Å². The Morgan fingerprint density at radius 1 is 0.688 bits per heavy atom. The highest BCUT2D eigenvalue weighted by molar-refractivity contribution is 7.63. The molecule has 0 amide bonds. The second-order valence-corrected chi connectivity index (χ2v) is 12.6. The molecule has 0 saturated carbocycles. The molecule has 7 heteroatoms. The maximum Gasteiger partial charge on any atom is 0.321 e. The van der Waals surface area contributed by atoms with Crippen LogP contribution in [0.2, 0.25) is 0 Å². The van der Waals surface area contributed by atoms with Crippen LogP contribution in [0.5, 0.6) is 0 Å². The van der Waals surface area contributed by atoms with Crippen molar-refractivity contribution in [3.8, 4) is 0 Å². The zero-order valence-corrected chi connectivity index (χ0v) is 21.7. The van der Waals surface area contributed by atoms with E-state index in [0.29, 0.717) is 12.3 Å². The maximum absolute atomic E-state index is 13.6. The van der Waals surface area contributed by atoms with Crippen LogP contribution in [0.15, 0.2) is 0 Å². The van der Waals surface area contributed by atoms with E-state index in [4.69, 9.17) is 5.11 Å². The molecule has 0 saturated heterocycles. The molecule has 32 heavy (non-hydrogen) atoms. The molecule has 0 fully saturated rings. The Labute approximate surface area is 196 Å². The van der Waals surface area contributed by atoms with Gasteiger partial charge in [0.15, 0.2) is 0 Å². The summed E-state index contributed by atoms with van der Waals surface area (Å²) >= 11 is 0. The lowest BCUT2D eigenvalue weighted by Crippen LogP contribution is -2.39. The fraction of sp³-hybridized carbons (Fsp3) is 0.920. The molecule has 0 rings (SSSR count). The van der Waals surface area contributed by atoms with Gasteiger partial charge in [-0.05, 0) is 12.8 Å². The minimum Gasteiger partial charge on any atom is -0.481 e. The number of rotatable bonds is 24. The summed E-state index contributed by atoms with van der Waals surface area (Å²) in [7, 11) is -2.56. The molecule has 0 aliphatic rings. The van der Waals surface area contributed by atoms with E-state index >= 15 is 0 Å². The Kier molecular flexibility index (Phi) is 20.2. The van der Waals surface area contributed by atoms with Crippen molar-refractivity contribution in [2.75, 3.05) is 18.6 Å². The summed E-state index contributed by atoms with van der Waals surface area (Å²) in [6.07, 6.45) is 19.8. The van der Waals surface area contributed by atoms with Gasteiger partial charge in [-0.1, -0.05) is 104 Å². The van der Waals surface area contributed by atoms with Crippen LogP contribution < -0.4 is 5.32 Å². The number of hydrogen-bond acceptors (Lipinski definition) is 4. The lowest BCUT2D eigenvalue weighted by Gasteiger charge is -2.21. The third kappa shape index (κ3) is 18.7. The summed E-state index contributed by atoms with van der Waals surface area (Å²) in [4.78, 5) is 22.3. The highest BCUT2D eigenvalue weighted by Crippen LogP contribution is 2.46. The summed E-state index contributed by atoms with van der Waals surface area (Å²) < 4.78 is 13.6. The SMILES string of the molecule is CCCCCCCCCCP(=O)(CCCCCCCCCC)CN[C@@H](CC(=O)O)C(=O)O. The van der Waals surface area contributed by atoms with Crippen molar-refractivity contribution >= 4 is 19.1 Å². The van der Waals surface area contributed by atoms with E-state index in [9.17, 15) is 19.3 Å². The van der Waals surface area contributed by atoms with Gasteiger partial charge in [-0.2, -0.15) is 0 Å². The number of carboxylic acids is 2. The Hall–Kier alpha value is -0.870. The van der Waals surface area contributed by atoms with Crippen LogP contribution in [0.25, 0.3) is 0 Å². The number of carbonyl (C=O) groups is 2. The molecule has 0 radical (unpaired) electrons. The van der Waals surface area contributed by atoms with Gasteiger partial charge in [-0.3, -0.25) is 14.9 Å². The van der Waals surface area contributed by atoms with Gasteiger partial charge < -0.3 is 14.8 Å². The Bertz CT molecular complexity index is 502. The normalized spacial score (nSPS) is 12.7. The molecule has 3 N–H and O–H groups in total. The van der Waals surface area contributed by atoms with Crippen molar-refractivity contribution in [3.05, 3.63) is 0 Å². The van der Waals surface area contributed by atoms with E-state index in [-0.39, 0.29) is 6.29 Å². The van der Waals surface area contributed by atoms with Crippen LogP contribution in [-0.2, 0) is 14.2 Å². The van der Waals surface area contributed by atoms with Crippen molar-refractivity contribution in [1.82, 2.24) is 5.32 Å². The molecule has 0 aromatic rings. The third-order valence-electron chi connectivity index (χ3n) is 6.14. The lowest BCUT2D eigenvalue weighted by molar-refractivity contribution is -0.145. The van der Waals surface area contributed by atoms with Crippen molar-refractivity contribution < 1.29 is 24.4 Å². The molecule has 190 valence electrons. The van der Waals surface area contributed by atoms with Crippen LogP contribution in [0, 0.1) is 0 Å². The molecule has 0 bridgehead atoms. The fourth-order valence-corrected chi connectivity index (χ4v) is 6.73. The van der Waals surface area contributed by atoms with E-state index in [2.05, 4.69) is 19.2 Å². The van der Waals surface area contributed by atoms with Crippen molar-refractivity contribution in [3.63, 3.8) is 0 Å². The molecule has 1 atom stereocenters. The predicted molar refractivity (Wildman–Crippen MR) is 134 cm³/mol. The van der Waals surface area contributed by atoms with Crippen LogP contribution in [0.1, 0.15) is 123 Å². The standard InChI is InChI=1S/C25H50NO5P/c1-3-5-7-9-11-13-15-17-19-32(31,20-18-16-14-12-10-8-6-4-2)22-26-23(25(29)30)21-24(27)28/h23,26H,3-22H2,1-2H3,(H,27,28)(H,29,30)/t23-/m0/s1. The predicted octanol–water partition coefficient (Wildman–Crippen LogP) is 7.11. The molecule has 0 spiro atoms. The van der Waals surface area contributed by atoms with Crippen molar-refractivity contribution in [2.24, 2.45) is 0 Å². The van der Waals surface area contributed by atoms with Crippen LogP contribution in [-0.4, -0.2) is 46.8 Å². The highest BCUT2D eigenvalue weighted by atomic mass is 31.2. The molecule has 0 heterocycles. The van der Waals surface area contributed by atoms with Crippen LogP contribution in [0.3, 0.4) is 0 Å². The van der Waals surface area contributed by atoms with Crippen molar-refractivity contribution in [1.29, 1.82) is 0 Å². The molecular weight excluding hydrogens is 425 g/mol. The lowest BCUT2D eigenvalue weighted by atomic mass is 10.1. The van der Waals surface area contributed by atoms with Crippen LogP contribution >= 0.6 is 7.14 Å². The van der Waals surface area contributed by atoms with Gasteiger partial charge in [-0.25, -0.2) is 0 Å². The number of unbranched alkanes of at least 4 members (excludes halogenated alkanes) is 14. The largest absolute Gasteiger partial charge is 0.481 e. The quantitative estimate of drug-likeness (QED) is 0.102. The van der Waals surface area contributed by atoms with E-state index < -0.39 is 31.5 Å². The minimum atomic E-state index is -2.56. The summed E-state index contributed by atoms with van der Waals surface area (Å²) in [6.45, 7) is 4.42. The number of hydrogen-bond donors (Lipinski definition) is 3. The first kappa shape index (κ1) is 31.1. The first-order valence-corrected chi connectivity index (χ1v) is 15.4. The number of nitrogens with one attached hydrogen (secondary N) is 1. The Morgan fingerprint density at radius 2 is 1.06 bits per heavy atom. The summed E-state index contributed by atoms with van der Waals surface area (Å²) in [5.74, 6) is -2.36. The molecule has 0 aromatic carbocycles. The van der Waals surface area contributed by atoms with E-state index in [1.165, 1.54) is 64.2 Å². The molecule has 0 aromatic heterocycles. The second kappa shape index (κ2) is 20.7. The molecule has 0 aliphatic heterocycles. The molecular formula is C25H50NO5P. The van der Waals surface area contributed by atoms with Gasteiger partial charge in [0.1, 0.15) is 13.2 Å². The summed E-state index contributed by atoms with van der Waals surface area (Å²) in [6, 6.07) is -1.18. The number of aliphatic carboxylic acids is 2. The Balaban J connectivity index is 4.47. The Morgan fingerprint density at radius 3 is 1.41 bits per heavy atom. The van der Waals surface area contributed by atoms with E-state index in [0.717, 1.165) is 38.5 Å². The topological polar surface area (TPSA) is 104 Å². The van der Waals surface area contributed by atoms with Gasteiger partial charge in [0.2, 0.25) is 0 Å². The monoisotopic (exact) mass is 475 g/mol. The van der Waals surface area contributed by atoms with Gasteiger partial charge in [0, 0.05) is 18.6 Å². The average molecular weight is 476 g/mol. The van der Waals surface area contributed by atoms with Gasteiger partial charge in [-0.15, -0.1) is 0 Å². The first-order chi connectivity index (χ1) is 15.3. The summed E-state index contributed by atoms with van der Waals surface area (Å²) in [5.41, 5.74) is 0. The minimum absolute atomic E-state index is 0.129. The van der Waals surface area contributed by atoms with E-state index in [1.807, 2.05) is 0 Å². The fourth-order valence-electron chi connectivity index (χ4n) is 4.04. The molecule has 0 unspecified atom stereocenters. The van der Waals surface area contributed by atoms with E-state index in [1.54, 1.807) is 0 Å². The molecule has 6 nitrogen and oxygen atoms in total. The maximum atomic E-state index is 13.6. The number of carboxylic acid groups (broad SMARTS) is 2. The third-order valence-corrected chi connectivity index (χ3v) is 9.16. The zero-order valence-electron chi connectivity index (χ0n) is 20.8. The summed E-state index contributed by atoms with van der Waals surface area (Å²) in [5, 5.41) is 21.0. The average Bonchev–Trinajstić information content (AvgIpc) is 2.74. The smallest absolute Gasteiger partial charge is 0.321 e. The highest BCUT2D eigenvalue weighted by Gasteiger charge is 2.26. The zero-order chi connectivity index (χ0) is 24.1. The molecule has 0 aliphatic carbocycles. The van der Waals surface area contributed by atoms with Crippen molar-refractivity contribution in [2.45, 2.75) is 129 Å². The second-order valence-electron chi connectivity index (χ2n) is 9.31. The first-order valence-electron chi connectivity index (χ1n) is 13.1. The van der Waals surface area contributed by atoms with Gasteiger partial charge >= 0.3 is 11.9 Å². The van der Waals surface area contributed by atoms with Gasteiger partial charge in [0.05, 0.1) is 6.42 Å².